The molecule has 1 aromatic carbocycles. The number of carbonyl (C=O) groups excluding carboxylic acids is 3. The Morgan fingerprint density at radius 3 is 2.13 bits per heavy atom. The number of benzene rings is 1. The first-order chi connectivity index (χ1) is 11.0. The van der Waals surface area contributed by atoms with Gasteiger partial charge in [-0.05, 0) is 57.7 Å². The van der Waals surface area contributed by atoms with Gasteiger partial charge in [-0.2, -0.15) is 0 Å². The van der Waals surface area contributed by atoms with Crippen LogP contribution < -0.4 is 0 Å². The van der Waals surface area contributed by atoms with Gasteiger partial charge in [-0.3, -0.25) is 9.59 Å². The van der Waals surface area contributed by atoms with Gasteiger partial charge in [-0.15, -0.1) is 0 Å². The fourth-order valence-corrected chi connectivity index (χ4v) is 2.26. The number of carbonyl (C=O) groups is 3. The Morgan fingerprint density at radius 1 is 1.00 bits per heavy atom. The fourth-order valence-electron chi connectivity index (χ4n) is 2.26. The van der Waals surface area contributed by atoms with Gasteiger partial charge in [0, 0.05) is 0 Å². The predicted octanol–water partition coefficient (Wildman–Crippen LogP) is 2.95. The summed E-state index contributed by atoms with van der Waals surface area (Å²) in [7, 11) is 0. The first-order valence-electron chi connectivity index (χ1n) is 7.92. The normalized spacial score (nSPS) is 11.6. The van der Waals surface area contributed by atoms with Crippen molar-refractivity contribution in [3.8, 4) is 0 Å². The molecule has 0 aliphatic rings. The maximum atomic E-state index is 11.7. The number of hydrogen-bond donors (Lipinski definition) is 0. The largest absolute Gasteiger partial charge is 0.465 e. The second-order valence-electron chi connectivity index (χ2n) is 5.22. The van der Waals surface area contributed by atoms with E-state index >= 15 is 0 Å². The molecule has 0 heterocycles. The van der Waals surface area contributed by atoms with Gasteiger partial charge in [0.2, 0.25) is 0 Å². The number of hydrogen-bond acceptors (Lipinski definition) is 5. The molecule has 1 rings (SSSR count). The van der Waals surface area contributed by atoms with Crippen molar-refractivity contribution in [3.05, 3.63) is 35.4 Å². The summed E-state index contributed by atoms with van der Waals surface area (Å²) in [5.41, 5.74) is 1.56. The summed E-state index contributed by atoms with van der Waals surface area (Å²) < 4.78 is 9.85. The van der Waals surface area contributed by atoms with Gasteiger partial charge in [-0.1, -0.05) is 12.1 Å². The molecule has 1 aromatic rings. The van der Waals surface area contributed by atoms with Crippen LogP contribution in [0.4, 0.5) is 0 Å². The highest BCUT2D eigenvalue weighted by Crippen LogP contribution is 2.15. The average molecular weight is 320 g/mol. The van der Waals surface area contributed by atoms with E-state index in [0.29, 0.717) is 25.0 Å². The number of rotatable bonds is 9. The van der Waals surface area contributed by atoms with Crippen LogP contribution in [0.5, 0.6) is 0 Å². The third-order valence-corrected chi connectivity index (χ3v) is 3.49. The minimum atomic E-state index is -0.686. The van der Waals surface area contributed by atoms with Crippen molar-refractivity contribution in [1.29, 1.82) is 0 Å². The lowest BCUT2D eigenvalue weighted by Crippen LogP contribution is -2.24. The number of ketones is 1. The molecular weight excluding hydrogens is 296 g/mol. The molecule has 0 saturated heterocycles. The minimum Gasteiger partial charge on any atom is -0.465 e. The molecule has 0 aliphatic carbocycles. The molecular formula is C18H24O5. The Balaban J connectivity index is 2.52. The van der Waals surface area contributed by atoms with Crippen molar-refractivity contribution in [2.24, 2.45) is 5.92 Å². The van der Waals surface area contributed by atoms with Crippen molar-refractivity contribution in [3.63, 3.8) is 0 Å². The maximum absolute atomic E-state index is 11.7. The third-order valence-electron chi connectivity index (χ3n) is 3.49. The van der Waals surface area contributed by atoms with Crippen LogP contribution in [0.15, 0.2) is 24.3 Å². The van der Waals surface area contributed by atoms with Gasteiger partial charge in [0.15, 0.2) is 0 Å². The number of aryl methyl sites for hydroxylation is 1. The first-order valence-corrected chi connectivity index (χ1v) is 7.92. The molecule has 0 unspecified atom stereocenters. The molecule has 0 radical (unpaired) electrons. The SMILES string of the molecule is CCOC(=O)c1ccc(CCC[C@H](C(C)=O)C(=O)OCC)cc1. The van der Waals surface area contributed by atoms with E-state index in [1.165, 1.54) is 6.92 Å². The van der Waals surface area contributed by atoms with Crippen LogP contribution >= 0.6 is 0 Å². The summed E-state index contributed by atoms with van der Waals surface area (Å²) in [6.07, 6.45) is 1.89. The van der Waals surface area contributed by atoms with Crippen LogP contribution in [0.3, 0.4) is 0 Å². The van der Waals surface area contributed by atoms with E-state index in [0.717, 1.165) is 12.0 Å². The fraction of sp³-hybridized carbons (Fsp3) is 0.500. The van der Waals surface area contributed by atoms with Crippen LogP contribution in [0.25, 0.3) is 0 Å². The van der Waals surface area contributed by atoms with Crippen molar-refractivity contribution in [2.75, 3.05) is 13.2 Å². The van der Waals surface area contributed by atoms with Crippen molar-refractivity contribution in [2.45, 2.75) is 40.0 Å². The van der Waals surface area contributed by atoms with Gasteiger partial charge >= 0.3 is 11.9 Å². The summed E-state index contributed by atoms with van der Waals surface area (Å²) in [4.78, 5) is 34.8. The highest BCUT2D eigenvalue weighted by molar-refractivity contribution is 5.97. The second kappa shape index (κ2) is 9.77. The molecule has 0 N–H and O–H groups in total. The van der Waals surface area contributed by atoms with Crippen molar-refractivity contribution in [1.82, 2.24) is 0 Å². The summed E-state index contributed by atoms with van der Waals surface area (Å²) in [5.74, 6) is -1.63. The Labute approximate surface area is 137 Å². The van der Waals surface area contributed by atoms with Crippen LogP contribution in [0.1, 0.15) is 49.5 Å². The number of ether oxygens (including phenoxy) is 2. The van der Waals surface area contributed by atoms with Crippen LogP contribution in [0, 0.1) is 5.92 Å². The average Bonchev–Trinajstić information content (AvgIpc) is 2.52. The third kappa shape index (κ3) is 6.22. The van der Waals surface area contributed by atoms with E-state index in [4.69, 9.17) is 9.47 Å². The van der Waals surface area contributed by atoms with E-state index in [2.05, 4.69) is 0 Å². The van der Waals surface area contributed by atoms with Gasteiger partial charge in [0.1, 0.15) is 11.7 Å². The Kier molecular flexibility index (Phi) is 8.02. The molecule has 0 spiro atoms. The molecule has 5 heteroatoms. The monoisotopic (exact) mass is 320 g/mol. The van der Waals surface area contributed by atoms with E-state index in [9.17, 15) is 14.4 Å². The Hall–Kier alpha value is -2.17. The second-order valence-corrected chi connectivity index (χ2v) is 5.22. The Morgan fingerprint density at radius 2 is 1.61 bits per heavy atom. The van der Waals surface area contributed by atoms with Gasteiger partial charge in [-0.25, -0.2) is 4.79 Å². The summed E-state index contributed by atoms with van der Waals surface area (Å²) >= 11 is 0. The van der Waals surface area contributed by atoms with E-state index < -0.39 is 11.9 Å². The molecule has 23 heavy (non-hydrogen) atoms. The molecule has 0 aliphatic heterocycles. The van der Waals surface area contributed by atoms with Crippen molar-refractivity contribution < 1.29 is 23.9 Å². The summed E-state index contributed by atoms with van der Waals surface area (Å²) in [6, 6.07) is 7.17. The lowest BCUT2D eigenvalue weighted by molar-refractivity contribution is -0.151. The topological polar surface area (TPSA) is 69.7 Å². The molecule has 0 bridgehead atoms. The molecule has 126 valence electrons. The maximum Gasteiger partial charge on any atom is 0.338 e. The zero-order chi connectivity index (χ0) is 17.2. The lowest BCUT2D eigenvalue weighted by Gasteiger charge is -2.12. The molecule has 5 nitrogen and oxygen atoms in total. The molecule has 0 saturated carbocycles. The van der Waals surface area contributed by atoms with Crippen LogP contribution in [0.2, 0.25) is 0 Å². The molecule has 0 fully saturated rings. The highest BCUT2D eigenvalue weighted by atomic mass is 16.5. The van der Waals surface area contributed by atoms with Crippen LogP contribution in [-0.2, 0) is 25.5 Å². The number of Topliss-reactive ketones (excluding diaryl/α,β-unsaturated/α-hetero) is 1. The van der Waals surface area contributed by atoms with E-state index in [-0.39, 0.29) is 18.4 Å². The van der Waals surface area contributed by atoms with Gasteiger partial charge < -0.3 is 9.47 Å². The van der Waals surface area contributed by atoms with E-state index in [1.54, 1.807) is 26.0 Å². The molecule has 1 atom stereocenters. The highest BCUT2D eigenvalue weighted by Gasteiger charge is 2.23. The standard InChI is InChI=1S/C18H24O5/c1-4-22-17(20)15-11-9-14(10-12-15)7-6-8-16(13(3)19)18(21)23-5-2/h9-12,16H,4-8H2,1-3H3/t16-/m1/s1. The quantitative estimate of drug-likeness (QED) is 0.517. The zero-order valence-electron chi connectivity index (χ0n) is 14.0. The van der Waals surface area contributed by atoms with Gasteiger partial charge in [0.25, 0.3) is 0 Å². The smallest absolute Gasteiger partial charge is 0.338 e. The van der Waals surface area contributed by atoms with Crippen LogP contribution in [-0.4, -0.2) is 30.9 Å². The number of esters is 2. The minimum absolute atomic E-state index is 0.166. The zero-order valence-corrected chi connectivity index (χ0v) is 14.0. The molecule has 0 amide bonds. The summed E-state index contributed by atoms with van der Waals surface area (Å²) in [5, 5.41) is 0. The van der Waals surface area contributed by atoms with E-state index in [1.807, 2.05) is 12.1 Å². The molecule has 0 aromatic heterocycles. The van der Waals surface area contributed by atoms with Crippen molar-refractivity contribution >= 4 is 17.7 Å². The summed E-state index contributed by atoms with van der Waals surface area (Å²) in [6.45, 7) is 5.52. The Bertz CT molecular complexity index is 533. The lowest BCUT2D eigenvalue weighted by atomic mass is 9.96. The first kappa shape index (κ1) is 18.9. The van der Waals surface area contributed by atoms with Gasteiger partial charge in [0.05, 0.1) is 18.8 Å². The predicted molar refractivity (Wildman–Crippen MR) is 86.1 cm³/mol.